The first-order valence-corrected chi connectivity index (χ1v) is 7.47. The van der Waals surface area contributed by atoms with E-state index in [2.05, 4.69) is 34.9 Å². The molecule has 0 saturated heterocycles. The SMILES string of the molecule is c1ccc2c(c1)CNCC(CCC1CCCC1)N2. The molecule has 2 N–H and O–H groups in total. The monoisotopic (exact) mass is 244 g/mol. The molecule has 98 valence electrons. The summed E-state index contributed by atoms with van der Waals surface area (Å²) in [4.78, 5) is 0. The molecule has 18 heavy (non-hydrogen) atoms. The molecule has 0 bridgehead atoms. The van der Waals surface area contributed by atoms with Crippen LogP contribution >= 0.6 is 0 Å². The summed E-state index contributed by atoms with van der Waals surface area (Å²) in [5.41, 5.74) is 2.74. The first-order chi connectivity index (χ1) is 8.92. The standard InChI is InChI=1S/C16H24N2/c1-2-6-13(5-1)9-10-15-12-17-11-14-7-3-4-8-16(14)18-15/h3-4,7-8,13,15,17-18H,1-2,5-6,9-12H2. The largest absolute Gasteiger partial charge is 0.381 e. The highest BCUT2D eigenvalue weighted by Crippen LogP contribution is 2.29. The van der Waals surface area contributed by atoms with Crippen LogP contribution in [0.5, 0.6) is 0 Å². The molecule has 3 rings (SSSR count). The van der Waals surface area contributed by atoms with Crippen LogP contribution in [0.2, 0.25) is 0 Å². The predicted molar refractivity (Wildman–Crippen MR) is 76.8 cm³/mol. The summed E-state index contributed by atoms with van der Waals surface area (Å²) in [7, 11) is 0. The molecule has 1 aromatic carbocycles. The molecule has 1 fully saturated rings. The highest BCUT2D eigenvalue weighted by molar-refractivity contribution is 5.52. The molecule has 1 aliphatic heterocycles. The molecule has 2 nitrogen and oxygen atoms in total. The van der Waals surface area contributed by atoms with Crippen molar-refractivity contribution in [2.24, 2.45) is 5.92 Å². The summed E-state index contributed by atoms with van der Waals surface area (Å²) in [5, 5.41) is 7.29. The first kappa shape index (κ1) is 12.0. The fourth-order valence-corrected chi connectivity index (χ4v) is 3.38. The highest BCUT2D eigenvalue weighted by Gasteiger charge is 2.19. The van der Waals surface area contributed by atoms with Crippen molar-refractivity contribution in [3.63, 3.8) is 0 Å². The molecule has 0 amide bonds. The molecule has 1 unspecified atom stereocenters. The minimum atomic E-state index is 0.606. The Balaban J connectivity index is 1.57. The molecule has 2 heteroatoms. The maximum atomic E-state index is 3.72. The normalized spacial score (nSPS) is 24.3. The molecular weight excluding hydrogens is 220 g/mol. The number of nitrogens with one attached hydrogen (secondary N) is 2. The fourth-order valence-electron chi connectivity index (χ4n) is 3.38. The van der Waals surface area contributed by atoms with Crippen molar-refractivity contribution < 1.29 is 0 Å². The van der Waals surface area contributed by atoms with Gasteiger partial charge in [0.1, 0.15) is 0 Å². The Labute approximate surface area is 110 Å². The number of hydrogen-bond donors (Lipinski definition) is 2. The topological polar surface area (TPSA) is 24.1 Å². The minimum Gasteiger partial charge on any atom is -0.381 e. The van der Waals surface area contributed by atoms with Gasteiger partial charge in [-0.05, 0) is 30.4 Å². The van der Waals surface area contributed by atoms with E-state index >= 15 is 0 Å². The van der Waals surface area contributed by atoms with E-state index in [0.29, 0.717) is 6.04 Å². The van der Waals surface area contributed by atoms with Crippen LogP contribution in [-0.4, -0.2) is 12.6 Å². The fraction of sp³-hybridized carbons (Fsp3) is 0.625. The van der Waals surface area contributed by atoms with Gasteiger partial charge in [0.05, 0.1) is 0 Å². The summed E-state index contributed by atoms with van der Waals surface area (Å²) in [6.07, 6.45) is 8.58. The Hall–Kier alpha value is -1.02. The molecular formula is C16H24N2. The van der Waals surface area contributed by atoms with Gasteiger partial charge in [-0.2, -0.15) is 0 Å². The van der Waals surface area contributed by atoms with E-state index in [9.17, 15) is 0 Å². The average molecular weight is 244 g/mol. The van der Waals surface area contributed by atoms with Gasteiger partial charge in [-0.3, -0.25) is 0 Å². The van der Waals surface area contributed by atoms with E-state index in [1.807, 2.05) is 0 Å². The number of para-hydroxylation sites is 1. The number of anilines is 1. The van der Waals surface area contributed by atoms with Crippen molar-refractivity contribution in [2.45, 2.75) is 51.1 Å². The van der Waals surface area contributed by atoms with Gasteiger partial charge >= 0.3 is 0 Å². The third kappa shape index (κ3) is 2.86. The van der Waals surface area contributed by atoms with Crippen molar-refractivity contribution in [1.82, 2.24) is 5.32 Å². The molecule has 1 atom stereocenters. The van der Waals surface area contributed by atoms with Gasteiger partial charge in [0.25, 0.3) is 0 Å². The summed E-state index contributed by atoms with van der Waals surface area (Å²) < 4.78 is 0. The molecule has 0 aromatic heterocycles. The lowest BCUT2D eigenvalue weighted by molar-refractivity contribution is 0.450. The van der Waals surface area contributed by atoms with Crippen molar-refractivity contribution in [3.8, 4) is 0 Å². The summed E-state index contributed by atoms with van der Waals surface area (Å²) in [5.74, 6) is 1.00. The second kappa shape index (κ2) is 5.75. The van der Waals surface area contributed by atoms with Crippen molar-refractivity contribution in [3.05, 3.63) is 29.8 Å². The maximum absolute atomic E-state index is 3.72. The lowest BCUT2D eigenvalue weighted by atomic mass is 9.98. The Kier molecular flexibility index (Phi) is 3.84. The van der Waals surface area contributed by atoms with E-state index in [1.165, 1.54) is 49.8 Å². The number of rotatable bonds is 3. The summed E-state index contributed by atoms with van der Waals surface area (Å²) in [6, 6.07) is 9.29. The molecule has 2 aliphatic rings. The van der Waals surface area contributed by atoms with Crippen LogP contribution in [0.1, 0.15) is 44.1 Å². The zero-order chi connectivity index (χ0) is 12.2. The Morgan fingerprint density at radius 3 is 2.78 bits per heavy atom. The Morgan fingerprint density at radius 1 is 1.06 bits per heavy atom. The molecule has 1 aliphatic carbocycles. The van der Waals surface area contributed by atoms with Gasteiger partial charge in [-0.1, -0.05) is 43.9 Å². The van der Waals surface area contributed by atoms with E-state index in [-0.39, 0.29) is 0 Å². The lowest BCUT2D eigenvalue weighted by Crippen LogP contribution is -2.30. The molecule has 0 radical (unpaired) electrons. The van der Waals surface area contributed by atoms with Crippen LogP contribution in [-0.2, 0) is 6.54 Å². The Bertz CT molecular complexity index is 382. The molecule has 0 spiro atoms. The van der Waals surface area contributed by atoms with Crippen molar-refractivity contribution in [2.75, 3.05) is 11.9 Å². The second-order valence-corrected chi connectivity index (χ2v) is 5.86. The number of hydrogen-bond acceptors (Lipinski definition) is 2. The van der Waals surface area contributed by atoms with Gasteiger partial charge in [-0.15, -0.1) is 0 Å². The summed E-state index contributed by atoms with van der Waals surface area (Å²) >= 11 is 0. The predicted octanol–water partition coefficient (Wildman–Crippen LogP) is 3.54. The zero-order valence-electron chi connectivity index (χ0n) is 11.1. The van der Waals surface area contributed by atoms with E-state index < -0.39 is 0 Å². The van der Waals surface area contributed by atoms with E-state index in [0.717, 1.165) is 19.0 Å². The quantitative estimate of drug-likeness (QED) is 0.850. The minimum absolute atomic E-state index is 0.606. The van der Waals surface area contributed by atoms with Gasteiger partial charge in [0, 0.05) is 24.8 Å². The molecule has 1 aromatic rings. The number of fused-ring (bicyclic) bond motifs is 1. The second-order valence-electron chi connectivity index (χ2n) is 5.86. The molecule has 1 heterocycles. The third-order valence-electron chi connectivity index (χ3n) is 4.48. The molecule has 1 saturated carbocycles. The maximum Gasteiger partial charge on any atom is 0.0388 e. The van der Waals surface area contributed by atoms with Gasteiger partial charge in [-0.25, -0.2) is 0 Å². The summed E-state index contributed by atoms with van der Waals surface area (Å²) in [6.45, 7) is 2.10. The average Bonchev–Trinajstić information content (AvgIpc) is 2.82. The van der Waals surface area contributed by atoms with Gasteiger partial charge < -0.3 is 10.6 Å². The van der Waals surface area contributed by atoms with Crippen molar-refractivity contribution >= 4 is 5.69 Å². The highest BCUT2D eigenvalue weighted by atomic mass is 15.0. The van der Waals surface area contributed by atoms with Crippen LogP contribution in [0, 0.1) is 5.92 Å². The van der Waals surface area contributed by atoms with Crippen LogP contribution in [0.4, 0.5) is 5.69 Å². The van der Waals surface area contributed by atoms with Crippen LogP contribution in [0.15, 0.2) is 24.3 Å². The zero-order valence-corrected chi connectivity index (χ0v) is 11.1. The Morgan fingerprint density at radius 2 is 1.89 bits per heavy atom. The van der Waals surface area contributed by atoms with E-state index in [1.54, 1.807) is 0 Å². The third-order valence-corrected chi connectivity index (χ3v) is 4.48. The smallest absolute Gasteiger partial charge is 0.0388 e. The van der Waals surface area contributed by atoms with Crippen LogP contribution in [0.3, 0.4) is 0 Å². The van der Waals surface area contributed by atoms with Crippen molar-refractivity contribution in [1.29, 1.82) is 0 Å². The van der Waals surface area contributed by atoms with Gasteiger partial charge in [0.2, 0.25) is 0 Å². The van der Waals surface area contributed by atoms with Crippen LogP contribution < -0.4 is 10.6 Å². The first-order valence-electron chi connectivity index (χ1n) is 7.47. The van der Waals surface area contributed by atoms with E-state index in [4.69, 9.17) is 0 Å². The van der Waals surface area contributed by atoms with Gasteiger partial charge in [0.15, 0.2) is 0 Å². The number of benzene rings is 1. The lowest BCUT2D eigenvalue weighted by Gasteiger charge is -2.19. The van der Waals surface area contributed by atoms with Crippen LogP contribution in [0.25, 0.3) is 0 Å².